The maximum atomic E-state index is 12.7. The predicted octanol–water partition coefficient (Wildman–Crippen LogP) is 6.27. The van der Waals surface area contributed by atoms with Gasteiger partial charge in [0.25, 0.3) is 11.6 Å². The molecule has 1 aromatic heterocycles. The number of nitrogens with one attached hydrogen (secondary N) is 1. The molecule has 7 nitrogen and oxygen atoms in total. The van der Waals surface area contributed by atoms with E-state index in [1.807, 2.05) is 0 Å². The Morgan fingerprint density at radius 1 is 1.13 bits per heavy atom. The van der Waals surface area contributed by atoms with E-state index in [1.54, 1.807) is 36.4 Å². The average Bonchev–Trinajstić information content (AvgIpc) is 3.12. The van der Waals surface area contributed by atoms with Crippen molar-refractivity contribution in [2.45, 2.75) is 6.92 Å². The molecule has 1 N–H and O–H groups in total. The van der Waals surface area contributed by atoms with Gasteiger partial charge in [0.05, 0.1) is 15.5 Å². The summed E-state index contributed by atoms with van der Waals surface area (Å²) in [5.41, 5.74) is 2.41. The zero-order valence-corrected chi connectivity index (χ0v) is 17.0. The summed E-state index contributed by atoms with van der Waals surface area (Å²) in [5, 5.41) is 14.8. The van der Waals surface area contributed by atoms with Gasteiger partial charge in [-0.2, -0.15) is 0 Å². The van der Waals surface area contributed by atoms with Gasteiger partial charge >= 0.3 is 0 Å². The van der Waals surface area contributed by atoms with E-state index in [-0.39, 0.29) is 22.7 Å². The van der Waals surface area contributed by atoms with Gasteiger partial charge in [-0.05, 0) is 49.4 Å². The summed E-state index contributed by atoms with van der Waals surface area (Å²) in [6, 6.07) is 14.3. The molecule has 0 saturated carbocycles. The van der Waals surface area contributed by atoms with E-state index < -0.39 is 10.8 Å². The highest BCUT2D eigenvalue weighted by atomic mass is 35.5. The lowest BCUT2D eigenvalue weighted by Gasteiger charge is -2.09. The minimum atomic E-state index is -0.522. The van der Waals surface area contributed by atoms with Crippen LogP contribution in [0.3, 0.4) is 0 Å². The van der Waals surface area contributed by atoms with Crippen molar-refractivity contribution in [3.63, 3.8) is 0 Å². The van der Waals surface area contributed by atoms with Crippen molar-refractivity contribution in [3.8, 4) is 11.5 Å². The third-order valence-corrected chi connectivity index (χ3v) is 5.12. The number of amides is 1. The highest BCUT2D eigenvalue weighted by molar-refractivity contribution is 6.33. The molecule has 1 amide bonds. The number of benzene rings is 3. The molecule has 30 heavy (non-hydrogen) atoms. The standard InChI is InChI=1S/C21H13Cl2N3O4/c1-11-14(3-2-4-18(11)26(28)29)20(27)24-13-6-7-16(23)15(10-13)21-25-17-9-12(22)5-8-19(17)30-21/h2-10H,1H3,(H,24,27). The minimum absolute atomic E-state index is 0.121. The fraction of sp³-hybridized carbons (Fsp3) is 0.0476. The number of nitrogens with zero attached hydrogens (tertiary/aromatic N) is 2. The topological polar surface area (TPSA) is 98.3 Å². The summed E-state index contributed by atoms with van der Waals surface area (Å²) < 4.78 is 5.75. The van der Waals surface area contributed by atoms with Gasteiger partial charge in [-0.25, -0.2) is 4.98 Å². The molecule has 0 fully saturated rings. The van der Waals surface area contributed by atoms with Crippen LogP contribution in [0, 0.1) is 17.0 Å². The van der Waals surface area contributed by atoms with Crippen LogP contribution in [0.1, 0.15) is 15.9 Å². The molecule has 4 aromatic rings. The van der Waals surface area contributed by atoms with Crippen molar-refractivity contribution in [2.75, 3.05) is 5.32 Å². The van der Waals surface area contributed by atoms with Gasteiger partial charge in [-0.3, -0.25) is 14.9 Å². The van der Waals surface area contributed by atoms with E-state index in [9.17, 15) is 14.9 Å². The minimum Gasteiger partial charge on any atom is -0.436 e. The monoisotopic (exact) mass is 441 g/mol. The van der Waals surface area contributed by atoms with Crippen LogP contribution in [-0.2, 0) is 0 Å². The Kier molecular flexibility index (Phi) is 5.15. The van der Waals surface area contributed by atoms with E-state index >= 15 is 0 Å². The zero-order chi connectivity index (χ0) is 21.4. The number of hydrogen-bond acceptors (Lipinski definition) is 5. The Labute approximate surface area is 180 Å². The number of nitro groups is 1. The van der Waals surface area contributed by atoms with Crippen LogP contribution in [0.15, 0.2) is 59.0 Å². The molecule has 0 aliphatic heterocycles. The van der Waals surface area contributed by atoms with Crippen molar-refractivity contribution < 1.29 is 14.1 Å². The smallest absolute Gasteiger partial charge is 0.273 e. The summed E-state index contributed by atoms with van der Waals surface area (Å²) in [5.74, 6) is -0.200. The van der Waals surface area contributed by atoms with E-state index in [1.165, 1.54) is 25.1 Å². The maximum Gasteiger partial charge on any atom is 0.273 e. The van der Waals surface area contributed by atoms with Crippen molar-refractivity contribution in [2.24, 2.45) is 0 Å². The van der Waals surface area contributed by atoms with Gasteiger partial charge in [-0.15, -0.1) is 0 Å². The SMILES string of the molecule is Cc1c(C(=O)Nc2ccc(Cl)c(-c3nc4cc(Cl)ccc4o3)c2)cccc1[N+](=O)[O-]. The molecule has 1 heterocycles. The fourth-order valence-corrected chi connectivity index (χ4v) is 3.41. The molecule has 0 radical (unpaired) electrons. The third kappa shape index (κ3) is 3.72. The Balaban J connectivity index is 1.67. The van der Waals surface area contributed by atoms with Crippen molar-refractivity contribution in [1.29, 1.82) is 0 Å². The summed E-state index contributed by atoms with van der Waals surface area (Å²) in [7, 11) is 0. The van der Waals surface area contributed by atoms with E-state index in [4.69, 9.17) is 27.6 Å². The van der Waals surface area contributed by atoms with Crippen molar-refractivity contribution in [3.05, 3.63) is 85.9 Å². The molecule has 0 atom stereocenters. The molecule has 0 aliphatic carbocycles. The Bertz CT molecular complexity index is 1320. The fourth-order valence-electron chi connectivity index (χ4n) is 3.05. The normalized spacial score (nSPS) is 10.9. The molecular formula is C21H13Cl2N3O4. The molecule has 4 rings (SSSR count). The Hall–Kier alpha value is -3.42. The largest absolute Gasteiger partial charge is 0.436 e. The molecule has 0 spiro atoms. The van der Waals surface area contributed by atoms with Crippen LogP contribution >= 0.6 is 23.2 Å². The number of carbonyl (C=O) groups excluding carboxylic acids is 1. The first-order valence-electron chi connectivity index (χ1n) is 8.75. The van der Waals surface area contributed by atoms with Gasteiger partial charge in [0.2, 0.25) is 5.89 Å². The number of nitro benzene ring substituents is 1. The third-order valence-electron chi connectivity index (χ3n) is 4.55. The molecule has 0 unspecified atom stereocenters. The summed E-state index contributed by atoms with van der Waals surface area (Å²) in [4.78, 5) is 27.7. The average molecular weight is 442 g/mol. The van der Waals surface area contributed by atoms with E-state index in [2.05, 4.69) is 10.3 Å². The molecule has 0 aliphatic rings. The number of halogens is 2. The summed E-state index contributed by atoms with van der Waals surface area (Å²) >= 11 is 12.3. The van der Waals surface area contributed by atoms with Crippen LogP contribution in [-0.4, -0.2) is 15.8 Å². The lowest BCUT2D eigenvalue weighted by molar-refractivity contribution is -0.385. The summed E-state index contributed by atoms with van der Waals surface area (Å²) in [6.07, 6.45) is 0. The Morgan fingerprint density at radius 3 is 2.70 bits per heavy atom. The van der Waals surface area contributed by atoms with Gasteiger partial charge in [0.1, 0.15) is 5.52 Å². The van der Waals surface area contributed by atoms with E-state index in [0.717, 1.165) is 0 Å². The second kappa shape index (κ2) is 7.78. The lowest BCUT2D eigenvalue weighted by Crippen LogP contribution is -2.14. The number of fused-ring (bicyclic) bond motifs is 1. The first-order valence-corrected chi connectivity index (χ1v) is 9.50. The second-order valence-electron chi connectivity index (χ2n) is 6.49. The molecular weight excluding hydrogens is 429 g/mol. The van der Waals surface area contributed by atoms with Crippen molar-refractivity contribution in [1.82, 2.24) is 4.98 Å². The van der Waals surface area contributed by atoms with Gasteiger partial charge < -0.3 is 9.73 Å². The maximum absolute atomic E-state index is 12.7. The number of anilines is 1. The molecule has 9 heteroatoms. The van der Waals surface area contributed by atoms with Gasteiger partial charge in [-0.1, -0.05) is 29.3 Å². The lowest BCUT2D eigenvalue weighted by atomic mass is 10.1. The number of oxazole rings is 1. The Morgan fingerprint density at radius 2 is 1.93 bits per heavy atom. The van der Waals surface area contributed by atoms with Crippen LogP contribution in [0.25, 0.3) is 22.6 Å². The van der Waals surface area contributed by atoms with Gasteiger partial charge in [0.15, 0.2) is 5.58 Å². The number of carbonyl (C=O) groups is 1. The molecule has 150 valence electrons. The first-order chi connectivity index (χ1) is 14.3. The number of hydrogen-bond donors (Lipinski definition) is 1. The van der Waals surface area contributed by atoms with Crippen LogP contribution in [0.5, 0.6) is 0 Å². The van der Waals surface area contributed by atoms with Gasteiger partial charge in [0, 0.05) is 27.9 Å². The number of rotatable bonds is 4. The summed E-state index contributed by atoms with van der Waals surface area (Å²) in [6.45, 7) is 1.53. The van der Waals surface area contributed by atoms with Crippen LogP contribution in [0.2, 0.25) is 10.0 Å². The van der Waals surface area contributed by atoms with Crippen molar-refractivity contribution >= 4 is 51.6 Å². The quantitative estimate of drug-likeness (QED) is 0.297. The van der Waals surface area contributed by atoms with Crippen LogP contribution < -0.4 is 5.32 Å². The molecule has 0 bridgehead atoms. The zero-order valence-electron chi connectivity index (χ0n) is 15.5. The van der Waals surface area contributed by atoms with Crippen LogP contribution in [0.4, 0.5) is 11.4 Å². The molecule has 3 aromatic carbocycles. The number of aromatic nitrogens is 1. The first kappa shape index (κ1) is 19.9. The highest BCUT2D eigenvalue weighted by Gasteiger charge is 2.19. The van der Waals surface area contributed by atoms with E-state index in [0.29, 0.717) is 32.4 Å². The highest BCUT2D eigenvalue weighted by Crippen LogP contribution is 2.33. The second-order valence-corrected chi connectivity index (χ2v) is 7.33. The molecule has 0 saturated heterocycles. The predicted molar refractivity (Wildman–Crippen MR) is 115 cm³/mol.